The van der Waals surface area contributed by atoms with Crippen LogP contribution in [0.5, 0.6) is 0 Å². The van der Waals surface area contributed by atoms with Crippen molar-refractivity contribution in [2.24, 2.45) is 0 Å². The van der Waals surface area contributed by atoms with E-state index in [2.05, 4.69) is 6.07 Å². The van der Waals surface area contributed by atoms with Gasteiger partial charge in [-0.25, -0.2) is 21.3 Å². The molecule has 192 valence electrons. The second-order valence-electron chi connectivity index (χ2n) is 9.14. The van der Waals surface area contributed by atoms with Crippen molar-refractivity contribution in [1.82, 2.24) is 4.48 Å². The molecule has 2 aliphatic rings. The Morgan fingerprint density at radius 3 is 2.46 bits per heavy atom. The summed E-state index contributed by atoms with van der Waals surface area (Å²) in [5, 5.41) is 0.803. The van der Waals surface area contributed by atoms with Gasteiger partial charge in [-0.3, -0.25) is 0 Å². The standard InChI is InChI=1S/C23H23ClN2O6S4.K/c1-14-10-17-20(11-15(14)2)33-21(25(17)7-3-9-35(27,28)29)13-22-26(8-6-23(26)36(30,31)32)18-12-16(24)4-5-19(18)34-22;/h4-5,10-13,23H,3,6-9H2,1-2H3;/q;+1. The quantitative estimate of drug-likeness (QED) is 0.174. The molecule has 0 N–H and O–H groups in total. The number of thiazole rings is 1. The van der Waals surface area contributed by atoms with Crippen LogP contribution in [-0.2, 0) is 26.8 Å². The smallest absolute Gasteiger partial charge is 0.748 e. The Kier molecular flexibility index (Phi) is 8.82. The first-order valence-corrected chi connectivity index (χ1v) is 16.3. The normalized spacial score (nSPS) is 22.3. The molecule has 2 atom stereocenters. The van der Waals surface area contributed by atoms with E-state index in [0.717, 1.165) is 31.2 Å². The minimum Gasteiger partial charge on any atom is -0.748 e. The Morgan fingerprint density at radius 1 is 1.14 bits per heavy atom. The molecule has 0 radical (unpaired) electrons. The minimum atomic E-state index is -4.60. The van der Waals surface area contributed by atoms with E-state index in [9.17, 15) is 25.9 Å². The number of quaternary nitrogens is 1. The van der Waals surface area contributed by atoms with Gasteiger partial charge in [-0.1, -0.05) is 22.9 Å². The Morgan fingerprint density at radius 2 is 1.84 bits per heavy atom. The SMILES string of the molecule is Cc1cc2sc(C=C3Sc4ccc(Cl)cc4[N+]34CCC4S(=O)(=O)[O-])[n+](CCCS(=O)(=O)[O-])c2cc1C.[K+]. The molecule has 2 aliphatic heterocycles. The third kappa shape index (κ3) is 5.67. The maximum atomic E-state index is 12.3. The van der Waals surface area contributed by atoms with Gasteiger partial charge in [0, 0.05) is 29.3 Å². The zero-order valence-corrected chi connectivity index (χ0v) is 27.6. The van der Waals surface area contributed by atoms with Gasteiger partial charge in [-0.05, 0) is 54.9 Å². The summed E-state index contributed by atoms with van der Waals surface area (Å²) >= 11 is 9.17. The Labute approximate surface area is 272 Å². The van der Waals surface area contributed by atoms with Gasteiger partial charge < -0.3 is 9.11 Å². The summed E-state index contributed by atoms with van der Waals surface area (Å²) in [6.07, 6.45) is 2.30. The predicted octanol–water partition coefficient (Wildman–Crippen LogP) is 1.08. The minimum absolute atomic E-state index is 0. The first-order chi connectivity index (χ1) is 16.8. The van der Waals surface area contributed by atoms with Crippen molar-refractivity contribution in [3.05, 3.63) is 56.5 Å². The topological polar surface area (TPSA) is 118 Å². The van der Waals surface area contributed by atoms with E-state index in [0.29, 0.717) is 28.8 Å². The zero-order chi connectivity index (χ0) is 26.0. The fourth-order valence-corrected chi connectivity index (χ4v) is 9.43. The Bertz CT molecular complexity index is 1660. The monoisotopic (exact) mass is 625 g/mol. The van der Waals surface area contributed by atoms with E-state index < -0.39 is 31.4 Å². The average molecular weight is 626 g/mol. The van der Waals surface area contributed by atoms with E-state index in [1.807, 2.05) is 36.6 Å². The van der Waals surface area contributed by atoms with Crippen LogP contribution in [0.1, 0.15) is 29.0 Å². The van der Waals surface area contributed by atoms with Crippen LogP contribution in [0.15, 0.2) is 40.3 Å². The van der Waals surface area contributed by atoms with Crippen LogP contribution in [0, 0.1) is 13.8 Å². The largest absolute Gasteiger partial charge is 1.00 e. The summed E-state index contributed by atoms with van der Waals surface area (Å²) in [7, 11) is -8.95. The third-order valence-electron chi connectivity index (χ3n) is 6.88. The maximum absolute atomic E-state index is 12.3. The fraction of sp³-hybridized carbons (Fsp3) is 0.348. The number of fused-ring (bicyclic) bond motifs is 3. The second kappa shape index (κ2) is 10.8. The van der Waals surface area contributed by atoms with Crippen molar-refractivity contribution in [2.75, 3.05) is 12.3 Å². The molecule has 3 heterocycles. The summed E-state index contributed by atoms with van der Waals surface area (Å²) in [5.41, 5.74) is 3.79. The predicted molar refractivity (Wildman–Crippen MR) is 141 cm³/mol. The molecule has 3 aromatic rings. The van der Waals surface area contributed by atoms with Gasteiger partial charge in [0.15, 0.2) is 32.8 Å². The summed E-state index contributed by atoms with van der Waals surface area (Å²) in [4.78, 5) is 0.843. The van der Waals surface area contributed by atoms with Crippen molar-refractivity contribution >= 4 is 76.9 Å². The van der Waals surface area contributed by atoms with Gasteiger partial charge >= 0.3 is 51.4 Å². The number of aryl methyl sites for hydroxylation is 3. The van der Waals surface area contributed by atoms with Crippen LogP contribution >= 0.6 is 34.7 Å². The number of benzene rings is 2. The molecule has 2 unspecified atom stereocenters. The van der Waals surface area contributed by atoms with E-state index in [4.69, 9.17) is 11.6 Å². The summed E-state index contributed by atoms with van der Waals surface area (Å²) in [6.45, 7) is 4.76. The molecule has 14 heteroatoms. The van der Waals surface area contributed by atoms with Crippen molar-refractivity contribution in [3.63, 3.8) is 0 Å². The number of aromatic nitrogens is 1. The van der Waals surface area contributed by atoms with Crippen LogP contribution < -0.4 is 60.4 Å². The molecular weight excluding hydrogens is 603 g/mol. The van der Waals surface area contributed by atoms with Crippen LogP contribution in [0.3, 0.4) is 0 Å². The number of thioether (sulfide) groups is 1. The summed E-state index contributed by atoms with van der Waals surface area (Å²) in [6, 6.07) is 9.40. The van der Waals surface area contributed by atoms with Gasteiger partial charge in [0.05, 0.1) is 34.1 Å². The van der Waals surface area contributed by atoms with E-state index in [1.54, 1.807) is 12.1 Å². The van der Waals surface area contributed by atoms with Gasteiger partial charge in [0.1, 0.15) is 4.70 Å². The summed E-state index contributed by atoms with van der Waals surface area (Å²) in [5.74, 6) is -0.479. The van der Waals surface area contributed by atoms with E-state index in [1.165, 1.54) is 23.1 Å². The molecular formula is C23H23ClKN2O6S4+. The van der Waals surface area contributed by atoms with Gasteiger partial charge in [-0.15, -0.1) is 0 Å². The molecule has 2 aromatic carbocycles. The van der Waals surface area contributed by atoms with Crippen molar-refractivity contribution in [3.8, 4) is 0 Å². The van der Waals surface area contributed by atoms with Crippen molar-refractivity contribution in [1.29, 1.82) is 0 Å². The molecule has 1 fully saturated rings. The van der Waals surface area contributed by atoms with Gasteiger partial charge in [0.25, 0.3) is 5.01 Å². The molecule has 0 saturated carbocycles. The third-order valence-corrected chi connectivity index (χ3v) is 11.5. The van der Waals surface area contributed by atoms with Gasteiger partial charge in [0.2, 0.25) is 5.52 Å². The molecule has 8 nitrogen and oxygen atoms in total. The molecule has 0 bridgehead atoms. The molecule has 37 heavy (non-hydrogen) atoms. The molecule has 0 aliphatic carbocycles. The van der Waals surface area contributed by atoms with E-state index >= 15 is 0 Å². The number of nitrogens with zero attached hydrogens (tertiary/aromatic N) is 2. The van der Waals surface area contributed by atoms with Crippen molar-refractivity contribution in [2.45, 2.75) is 43.5 Å². The van der Waals surface area contributed by atoms with Crippen LogP contribution in [0.2, 0.25) is 5.02 Å². The first-order valence-electron chi connectivity index (χ1n) is 11.2. The number of hydrogen-bond donors (Lipinski definition) is 0. The molecule has 0 amide bonds. The summed E-state index contributed by atoms with van der Waals surface area (Å²) < 4.78 is 73.3. The van der Waals surface area contributed by atoms with Crippen molar-refractivity contribution < 1.29 is 81.9 Å². The van der Waals surface area contributed by atoms with Crippen LogP contribution in [0.4, 0.5) is 5.69 Å². The molecule has 1 spiro atoms. The fourth-order valence-electron chi connectivity index (χ4n) is 4.93. The second-order valence-corrected chi connectivity index (χ2v) is 14.8. The number of rotatable bonds is 6. The van der Waals surface area contributed by atoms with Crippen LogP contribution in [0.25, 0.3) is 16.3 Å². The Balaban J connectivity index is 0.00000320. The molecule has 5 rings (SSSR count). The van der Waals surface area contributed by atoms with Crippen LogP contribution in [-0.4, -0.2) is 43.6 Å². The number of halogens is 1. The van der Waals surface area contributed by atoms with E-state index in [-0.39, 0.29) is 68.7 Å². The first kappa shape index (κ1) is 30.1. The number of hydrogen-bond acceptors (Lipinski definition) is 8. The zero-order valence-electron chi connectivity index (χ0n) is 20.4. The van der Waals surface area contributed by atoms with Gasteiger partial charge in [-0.2, -0.15) is 4.57 Å². The molecule has 1 aromatic heterocycles. The maximum Gasteiger partial charge on any atom is 1.00 e. The Hall–Kier alpha value is 0.126. The average Bonchev–Trinajstić information content (AvgIpc) is 3.21. The molecule has 1 saturated heterocycles.